The van der Waals surface area contributed by atoms with Crippen molar-refractivity contribution in [2.24, 2.45) is 11.7 Å². The number of likely N-dealkylation sites (tertiary alicyclic amines) is 1. The van der Waals surface area contributed by atoms with Crippen LogP contribution in [0.4, 0.5) is 0 Å². The molecule has 1 aromatic carbocycles. The van der Waals surface area contributed by atoms with Crippen molar-refractivity contribution < 1.29 is 4.79 Å². The molecule has 1 aliphatic heterocycles. The fourth-order valence-corrected chi connectivity index (χ4v) is 6.17. The number of nitrogens with two attached hydrogens (primary N) is 1. The quantitative estimate of drug-likeness (QED) is 0.461. The third kappa shape index (κ3) is 5.06. The Balaban J connectivity index is 0.00000320. The summed E-state index contributed by atoms with van der Waals surface area (Å²) >= 11 is 12.5. The zero-order valence-electron chi connectivity index (χ0n) is 20.6. The molecule has 2 aliphatic rings. The first-order valence-electron chi connectivity index (χ1n) is 12.1. The maximum Gasteiger partial charge on any atom is 0.234 e. The topological polar surface area (TPSA) is 114 Å². The van der Waals surface area contributed by atoms with Crippen LogP contribution in [0.15, 0.2) is 30.5 Å². The number of aromatic nitrogens is 4. The highest BCUT2D eigenvalue weighted by atomic mass is 35.5. The number of primary amides is 1. The van der Waals surface area contributed by atoms with E-state index in [0.29, 0.717) is 27.1 Å². The summed E-state index contributed by atoms with van der Waals surface area (Å²) in [4.78, 5) is 23.7. The van der Waals surface area contributed by atoms with E-state index in [1.54, 1.807) is 23.0 Å². The number of rotatable bonds is 5. The summed E-state index contributed by atoms with van der Waals surface area (Å²) in [5.41, 5.74) is 9.57. The first-order valence-corrected chi connectivity index (χ1v) is 12.9. The maximum atomic E-state index is 11.9. The molecule has 4 atom stereocenters. The Morgan fingerprint density at radius 2 is 2.11 bits per heavy atom. The molecule has 5 rings (SSSR count). The third-order valence-electron chi connectivity index (χ3n) is 7.47. The molecule has 3 aromatic rings. The number of carbonyl (C=O) groups is 1. The molecule has 0 bridgehead atoms. The summed E-state index contributed by atoms with van der Waals surface area (Å²) in [6.45, 7) is 5.07. The van der Waals surface area contributed by atoms with Gasteiger partial charge in [-0.15, -0.1) is 12.4 Å². The average Bonchev–Trinajstić information content (AvgIpc) is 3.48. The molecule has 2 aromatic heterocycles. The van der Waals surface area contributed by atoms with Gasteiger partial charge in [0.25, 0.3) is 0 Å². The molecule has 1 unspecified atom stereocenters. The third-order valence-corrected chi connectivity index (χ3v) is 8.03. The Morgan fingerprint density at radius 3 is 2.78 bits per heavy atom. The van der Waals surface area contributed by atoms with E-state index in [0.717, 1.165) is 49.1 Å². The van der Waals surface area contributed by atoms with Crippen molar-refractivity contribution in [3.63, 3.8) is 0 Å². The molecule has 11 heteroatoms. The fraction of sp³-hybridized carbons (Fsp3) is 0.423. The van der Waals surface area contributed by atoms with E-state index in [4.69, 9.17) is 33.9 Å². The zero-order chi connectivity index (χ0) is 25.6. The number of halogens is 3. The number of benzene rings is 1. The summed E-state index contributed by atoms with van der Waals surface area (Å²) in [5, 5.41) is 15.2. The van der Waals surface area contributed by atoms with E-state index >= 15 is 0 Å². The van der Waals surface area contributed by atoms with Crippen molar-refractivity contribution in [3.8, 4) is 6.07 Å². The van der Waals surface area contributed by atoms with Gasteiger partial charge >= 0.3 is 0 Å². The molecular weight excluding hydrogens is 533 g/mol. The second kappa shape index (κ2) is 11.0. The highest BCUT2D eigenvalue weighted by molar-refractivity contribution is 6.35. The summed E-state index contributed by atoms with van der Waals surface area (Å²) in [6.07, 6.45) is 7.37. The van der Waals surface area contributed by atoms with Gasteiger partial charge in [-0.2, -0.15) is 10.4 Å². The summed E-state index contributed by atoms with van der Waals surface area (Å²) in [6, 6.07) is 7.27. The number of nitriles is 1. The van der Waals surface area contributed by atoms with Gasteiger partial charge in [-0.05, 0) is 68.3 Å². The van der Waals surface area contributed by atoms with Crippen LogP contribution in [0.25, 0.3) is 16.7 Å². The number of amides is 1. The van der Waals surface area contributed by atoms with E-state index in [1.165, 1.54) is 0 Å². The number of fused-ring (bicyclic) bond motifs is 1. The number of carbonyl (C=O) groups excluding carboxylic acids is 1. The van der Waals surface area contributed by atoms with E-state index in [-0.39, 0.29) is 42.1 Å². The van der Waals surface area contributed by atoms with Crippen LogP contribution in [-0.2, 0) is 4.79 Å². The van der Waals surface area contributed by atoms with Crippen molar-refractivity contribution in [2.45, 2.75) is 57.7 Å². The van der Waals surface area contributed by atoms with E-state index in [1.807, 2.05) is 13.0 Å². The van der Waals surface area contributed by atoms with Crippen LogP contribution < -0.4 is 5.73 Å². The molecule has 37 heavy (non-hydrogen) atoms. The second-order valence-corrected chi connectivity index (χ2v) is 10.5. The van der Waals surface area contributed by atoms with Gasteiger partial charge in [0.2, 0.25) is 5.91 Å². The van der Waals surface area contributed by atoms with Crippen molar-refractivity contribution in [3.05, 3.63) is 57.5 Å². The SMILES string of the molecule is CC(c1ccc(Cl)cc1Cl)n1nc(C#N)c2ncc(C3=CC[C@@H](N4CCC[C@H]4C(N)=O)[C@@H](C)C3)nc21.Cl. The molecule has 1 amide bonds. The first kappa shape index (κ1) is 27.3. The first-order chi connectivity index (χ1) is 17.3. The lowest BCUT2D eigenvalue weighted by Gasteiger charge is -2.38. The predicted octanol–water partition coefficient (Wildman–Crippen LogP) is 5.17. The van der Waals surface area contributed by atoms with Gasteiger partial charge in [0.05, 0.1) is 24.0 Å². The largest absolute Gasteiger partial charge is 0.368 e. The van der Waals surface area contributed by atoms with Crippen LogP contribution in [0.1, 0.15) is 62.5 Å². The van der Waals surface area contributed by atoms with Crippen molar-refractivity contribution >= 4 is 58.3 Å². The molecule has 1 saturated heterocycles. The van der Waals surface area contributed by atoms with Gasteiger partial charge in [0.15, 0.2) is 11.3 Å². The molecule has 1 fully saturated rings. The Kier molecular flexibility index (Phi) is 8.10. The van der Waals surface area contributed by atoms with E-state index < -0.39 is 0 Å². The van der Waals surface area contributed by atoms with Crippen LogP contribution >= 0.6 is 35.6 Å². The molecule has 0 saturated carbocycles. The standard InChI is InChI=1S/C26H27Cl2N7O.ClH/c1-14-10-16(5-8-22(14)34-9-3-4-23(34)25(30)36)21-13-31-24-20(12-29)33-35(26(24)32-21)15(2)18-7-6-17(27)11-19(18)28;/h5-7,11,13-15,22-23H,3-4,8-10H2,1-2H3,(H2,30,36);1H/t14-,15?,22+,23-;/m0./s1. The Hall–Kier alpha value is -2.70. The smallest absolute Gasteiger partial charge is 0.234 e. The minimum Gasteiger partial charge on any atom is -0.368 e. The maximum absolute atomic E-state index is 11.9. The molecule has 8 nitrogen and oxygen atoms in total. The molecule has 1 aliphatic carbocycles. The van der Waals surface area contributed by atoms with Crippen LogP contribution in [0, 0.1) is 17.2 Å². The average molecular weight is 561 g/mol. The molecule has 3 heterocycles. The van der Waals surface area contributed by atoms with Crippen molar-refractivity contribution in [1.29, 1.82) is 5.26 Å². The Labute approximate surface area is 231 Å². The van der Waals surface area contributed by atoms with Crippen LogP contribution in [0.2, 0.25) is 10.0 Å². The minimum absolute atomic E-state index is 0. The molecule has 2 N–H and O–H groups in total. The molecule has 194 valence electrons. The molecule has 0 radical (unpaired) electrons. The minimum atomic E-state index is -0.284. The summed E-state index contributed by atoms with van der Waals surface area (Å²) < 4.78 is 1.71. The highest BCUT2D eigenvalue weighted by Crippen LogP contribution is 2.37. The van der Waals surface area contributed by atoms with Gasteiger partial charge in [-0.1, -0.05) is 42.3 Å². The lowest BCUT2D eigenvalue weighted by atomic mass is 9.83. The summed E-state index contributed by atoms with van der Waals surface area (Å²) in [7, 11) is 0. The Morgan fingerprint density at radius 1 is 1.32 bits per heavy atom. The number of allylic oxidation sites excluding steroid dienone is 1. The number of hydrogen-bond donors (Lipinski definition) is 1. The second-order valence-electron chi connectivity index (χ2n) is 9.69. The van der Waals surface area contributed by atoms with E-state index in [9.17, 15) is 10.1 Å². The number of nitrogens with zero attached hydrogens (tertiary/aromatic N) is 6. The van der Waals surface area contributed by atoms with Gasteiger partial charge in [0, 0.05) is 16.1 Å². The predicted molar refractivity (Wildman–Crippen MR) is 147 cm³/mol. The Bertz CT molecular complexity index is 1410. The highest BCUT2D eigenvalue weighted by Gasteiger charge is 2.37. The van der Waals surface area contributed by atoms with E-state index in [2.05, 4.69) is 34.1 Å². The van der Waals surface area contributed by atoms with Gasteiger partial charge < -0.3 is 5.73 Å². The lowest BCUT2D eigenvalue weighted by Crippen LogP contribution is -2.48. The van der Waals surface area contributed by atoms with Gasteiger partial charge in [-0.25, -0.2) is 14.6 Å². The molecule has 0 spiro atoms. The zero-order valence-corrected chi connectivity index (χ0v) is 22.9. The van der Waals surface area contributed by atoms with Crippen LogP contribution in [0.3, 0.4) is 0 Å². The van der Waals surface area contributed by atoms with Gasteiger partial charge in [0.1, 0.15) is 11.6 Å². The van der Waals surface area contributed by atoms with Crippen molar-refractivity contribution in [1.82, 2.24) is 24.6 Å². The van der Waals surface area contributed by atoms with Crippen LogP contribution in [0.5, 0.6) is 0 Å². The normalized spacial score (nSPS) is 22.8. The van der Waals surface area contributed by atoms with Crippen molar-refractivity contribution in [2.75, 3.05) is 6.54 Å². The monoisotopic (exact) mass is 559 g/mol. The fourth-order valence-electron chi connectivity index (χ4n) is 5.61. The lowest BCUT2D eigenvalue weighted by molar-refractivity contribution is -0.123. The van der Waals surface area contributed by atoms with Gasteiger partial charge in [-0.3, -0.25) is 9.69 Å². The summed E-state index contributed by atoms with van der Waals surface area (Å²) in [5.74, 6) is 0.0936. The molecular formula is C26H28Cl3N7O. The number of hydrogen-bond acceptors (Lipinski definition) is 6. The van der Waals surface area contributed by atoms with Crippen LogP contribution in [-0.4, -0.2) is 49.2 Å².